The van der Waals surface area contributed by atoms with Crippen molar-refractivity contribution in [3.8, 4) is 22.9 Å². The van der Waals surface area contributed by atoms with Crippen molar-refractivity contribution in [1.29, 1.82) is 0 Å². The van der Waals surface area contributed by atoms with Crippen LogP contribution in [0, 0.1) is 5.92 Å². The SMILES string of the molecule is COc1ccc(NC(=O)Cn2nnc(-c3ccc(NC(=O)CC(C)C)cc3)n2)c(OC)c1. The summed E-state index contributed by atoms with van der Waals surface area (Å²) in [5.74, 6) is 1.40. The van der Waals surface area contributed by atoms with Crippen molar-refractivity contribution in [2.24, 2.45) is 5.92 Å². The van der Waals surface area contributed by atoms with Crippen molar-refractivity contribution in [3.05, 3.63) is 42.5 Å². The molecule has 3 aromatic rings. The van der Waals surface area contributed by atoms with Gasteiger partial charge in [-0.15, -0.1) is 10.2 Å². The predicted molar refractivity (Wildman–Crippen MR) is 120 cm³/mol. The molecule has 0 unspecified atom stereocenters. The highest BCUT2D eigenvalue weighted by Gasteiger charge is 2.13. The molecule has 2 aromatic carbocycles. The maximum Gasteiger partial charge on any atom is 0.248 e. The number of benzene rings is 2. The standard InChI is InChI=1S/C22H26N6O4/c1-14(2)11-20(29)23-16-7-5-15(6-8-16)22-25-27-28(26-22)13-21(30)24-18-10-9-17(31-3)12-19(18)32-4/h5-10,12,14H,11,13H2,1-4H3,(H,23,29)(H,24,30). The van der Waals surface area contributed by atoms with Gasteiger partial charge in [-0.2, -0.15) is 4.80 Å². The number of carbonyl (C=O) groups excluding carboxylic acids is 2. The van der Waals surface area contributed by atoms with Gasteiger partial charge in [0.25, 0.3) is 0 Å². The Morgan fingerprint density at radius 2 is 1.75 bits per heavy atom. The number of ether oxygens (including phenoxy) is 2. The summed E-state index contributed by atoms with van der Waals surface area (Å²) in [7, 11) is 3.06. The minimum Gasteiger partial charge on any atom is -0.497 e. The fourth-order valence-electron chi connectivity index (χ4n) is 2.93. The molecule has 0 atom stereocenters. The van der Waals surface area contributed by atoms with Crippen LogP contribution in [-0.2, 0) is 16.1 Å². The van der Waals surface area contributed by atoms with E-state index >= 15 is 0 Å². The predicted octanol–water partition coefficient (Wildman–Crippen LogP) is 2.98. The van der Waals surface area contributed by atoms with Crippen molar-refractivity contribution in [2.45, 2.75) is 26.8 Å². The van der Waals surface area contributed by atoms with E-state index in [1.54, 1.807) is 49.6 Å². The number of rotatable bonds is 9. The monoisotopic (exact) mass is 438 g/mol. The Bertz CT molecular complexity index is 1080. The van der Waals surface area contributed by atoms with Crippen LogP contribution in [0.25, 0.3) is 11.4 Å². The Kier molecular flexibility index (Phi) is 7.37. The van der Waals surface area contributed by atoms with Crippen molar-refractivity contribution >= 4 is 23.2 Å². The number of nitrogens with zero attached hydrogens (tertiary/aromatic N) is 4. The van der Waals surface area contributed by atoms with Crippen LogP contribution in [0.15, 0.2) is 42.5 Å². The summed E-state index contributed by atoms with van der Waals surface area (Å²) < 4.78 is 10.4. The fourth-order valence-corrected chi connectivity index (χ4v) is 2.93. The van der Waals surface area contributed by atoms with Gasteiger partial charge in [0, 0.05) is 23.7 Å². The number of aromatic nitrogens is 4. The van der Waals surface area contributed by atoms with E-state index in [9.17, 15) is 9.59 Å². The Balaban J connectivity index is 1.61. The van der Waals surface area contributed by atoms with E-state index in [-0.39, 0.29) is 24.3 Å². The second-order valence-corrected chi connectivity index (χ2v) is 7.48. The summed E-state index contributed by atoms with van der Waals surface area (Å²) in [6, 6.07) is 12.2. The Labute approximate surface area is 185 Å². The van der Waals surface area contributed by atoms with Crippen LogP contribution in [0.4, 0.5) is 11.4 Å². The van der Waals surface area contributed by atoms with Gasteiger partial charge < -0.3 is 20.1 Å². The first-order chi connectivity index (χ1) is 15.4. The molecular formula is C22H26N6O4. The summed E-state index contributed by atoms with van der Waals surface area (Å²) in [6.07, 6.45) is 0.460. The molecule has 10 nitrogen and oxygen atoms in total. The molecule has 2 N–H and O–H groups in total. The lowest BCUT2D eigenvalue weighted by Gasteiger charge is -2.11. The summed E-state index contributed by atoms with van der Waals surface area (Å²) in [4.78, 5) is 25.5. The molecule has 32 heavy (non-hydrogen) atoms. The number of amides is 2. The quantitative estimate of drug-likeness (QED) is 0.527. The van der Waals surface area contributed by atoms with Gasteiger partial charge >= 0.3 is 0 Å². The molecular weight excluding hydrogens is 412 g/mol. The second-order valence-electron chi connectivity index (χ2n) is 7.48. The van der Waals surface area contributed by atoms with E-state index in [0.29, 0.717) is 35.1 Å². The fraction of sp³-hybridized carbons (Fsp3) is 0.318. The number of methoxy groups -OCH3 is 2. The Morgan fingerprint density at radius 1 is 1.00 bits per heavy atom. The number of tetrazole rings is 1. The molecule has 0 aliphatic carbocycles. The van der Waals surface area contributed by atoms with Gasteiger partial charge in [-0.25, -0.2) is 0 Å². The molecule has 0 radical (unpaired) electrons. The molecule has 0 aliphatic rings. The zero-order valence-corrected chi connectivity index (χ0v) is 18.5. The largest absolute Gasteiger partial charge is 0.497 e. The highest BCUT2D eigenvalue weighted by atomic mass is 16.5. The van der Waals surface area contributed by atoms with Crippen LogP contribution in [0.5, 0.6) is 11.5 Å². The highest BCUT2D eigenvalue weighted by molar-refractivity contribution is 5.92. The summed E-state index contributed by atoms with van der Waals surface area (Å²) in [6.45, 7) is 3.86. The van der Waals surface area contributed by atoms with E-state index in [0.717, 1.165) is 5.56 Å². The lowest BCUT2D eigenvalue weighted by atomic mass is 10.1. The molecule has 0 fully saturated rings. The second kappa shape index (κ2) is 10.4. The van der Waals surface area contributed by atoms with Crippen LogP contribution in [0.2, 0.25) is 0 Å². The average molecular weight is 438 g/mol. The molecule has 1 heterocycles. The zero-order valence-electron chi connectivity index (χ0n) is 18.5. The zero-order chi connectivity index (χ0) is 23.1. The number of hydrogen-bond acceptors (Lipinski definition) is 7. The molecule has 0 spiro atoms. The summed E-state index contributed by atoms with van der Waals surface area (Å²) in [5.41, 5.74) is 1.92. The normalized spacial score (nSPS) is 10.7. The van der Waals surface area contributed by atoms with Gasteiger partial charge in [0.15, 0.2) is 0 Å². The van der Waals surface area contributed by atoms with Gasteiger partial charge in [-0.1, -0.05) is 13.8 Å². The van der Waals surface area contributed by atoms with Gasteiger partial charge in [0.2, 0.25) is 17.6 Å². The van der Waals surface area contributed by atoms with Gasteiger partial charge in [0.1, 0.15) is 18.0 Å². The van der Waals surface area contributed by atoms with Crippen LogP contribution in [0.3, 0.4) is 0 Å². The molecule has 0 aliphatic heterocycles. The Hall–Kier alpha value is -3.95. The molecule has 2 amide bonds. The van der Waals surface area contributed by atoms with Gasteiger partial charge in [-0.05, 0) is 47.5 Å². The van der Waals surface area contributed by atoms with Crippen molar-refractivity contribution in [2.75, 3.05) is 24.9 Å². The lowest BCUT2D eigenvalue weighted by molar-refractivity contribution is -0.117. The van der Waals surface area contributed by atoms with Gasteiger partial charge in [0.05, 0.1) is 19.9 Å². The smallest absolute Gasteiger partial charge is 0.248 e. The van der Waals surface area contributed by atoms with E-state index in [4.69, 9.17) is 9.47 Å². The van der Waals surface area contributed by atoms with E-state index < -0.39 is 0 Å². The van der Waals surface area contributed by atoms with Crippen molar-refractivity contribution in [1.82, 2.24) is 20.2 Å². The van der Waals surface area contributed by atoms with E-state index in [2.05, 4.69) is 26.0 Å². The molecule has 3 rings (SSSR count). The van der Waals surface area contributed by atoms with E-state index in [1.165, 1.54) is 11.9 Å². The number of anilines is 2. The van der Waals surface area contributed by atoms with Gasteiger partial charge in [-0.3, -0.25) is 9.59 Å². The first kappa shape index (κ1) is 22.7. The van der Waals surface area contributed by atoms with Crippen LogP contribution in [0.1, 0.15) is 20.3 Å². The van der Waals surface area contributed by atoms with Crippen molar-refractivity contribution < 1.29 is 19.1 Å². The average Bonchev–Trinajstić information content (AvgIpc) is 3.22. The molecule has 0 saturated carbocycles. The third kappa shape index (κ3) is 6.03. The first-order valence-electron chi connectivity index (χ1n) is 10.1. The third-order valence-electron chi connectivity index (χ3n) is 4.44. The highest BCUT2D eigenvalue weighted by Crippen LogP contribution is 2.29. The number of carbonyl (C=O) groups is 2. The summed E-state index contributed by atoms with van der Waals surface area (Å²) in [5, 5.41) is 17.8. The van der Waals surface area contributed by atoms with Crippen molar-refractivity contribution in [3.63, 3.8) is 0 Å². The molecule has 0 bridgehead atoms. The molecule has 168 valence electrons. The van der Waals surface area contributed by atoms with Crippen LogP contribution < -0.4 is 20.1 Å². The molecule has 1 aromatic heterocycles. The maximum absolute atomic E-state index is 12.4. The number of hydrogen-bond donors (Lipinski definition) is 2. The Morgan fingerprint density at radius 3 is 2.41 bits per heavy atom. The van der Waals surface area contributed by atoms with E-state index in [1.807, 2.05) is 13.8 Å². The maximum atomic E-state index is 12.4. The van der Waals surface area contributed by atoms with Crippen LogP contribution >= 0.6 is 0 Å². The minimum absolute atomic E-state index is 0.0312. The molecule has 0 saturated heterocycles. The molecule has 10 heteroatoms. The lowest BCUT2D eigenvalue weighted by Crippen LogP contribution is -2.20. The van der Waals surface area contributed by atoms with Crippen LogP contribution in [-0.4, -0.2) is 46.2 Å². The summed E-state index contributed by atoms with van der Waals surface area (Å²) >= 11 is 0. The topological polar surface area (TPSA) is 120 Å². The minimum atomic E-state index is -0.333. The third-order valence-corrected chi connectivity index (χ3v) is 4.44. The number of nitrogens with one attached hydrogen (secondary N) is 2. The first-order valence-corrected chi connectivity index (χ1v) is 10.1.